The fourth-order valence-electron chi connectivity index (χ4n) is 1.50. The molecule has 19 heavy (non-hydrogen) atoms. The van der Waals surface area contributed by atoms with Gasteiger partial charge in [0.05, 0.1) is 5.56 Å². The Morgan fingerprint density at radius 3 is 2.53 bits per heavy atom. The zero-order chi connectivity index (χ0) is 14.2. The highest BCUT2D eigenvalue weighted by molar-refractivity contribution is 5.88. The van der Waals surface area contributed by atoms with Crippen LogP contribution in [0.2, 0.25) is 0 Å². The van der Waals surface area contributed by atoms with Crippen LogP contribution in [0, 0.1) is 6.92 Å². The zero-order valence-electron chi connectivity index (χ0n) is 9.52. The SMILES string of the molecule is Cc1cc(C(=O)O)ccc1-c1noc(C(F)(F)F)n1. The lowest BCUT2D eigenvalue weighted by atomic mass is 10.0. The summed E-state index contributed by atoms with van der Waals surface area (Å²) < 4.78 is 41.1. The summed E-state index contributed by atoms with van der Waals surface area (Å²) in [5, 5.41) is 12.0. The van der Waals surface area contributed by atoms with E-state index < -0.39 is 18.0 Å². The van der Waals surface area contributed by atoms with Crippen molar-refractivity contribution >= 4 is 5.97 Å². The van der Waals surface area contributed by atoms with Gasteiger partial charge in [-0.1, -0.05) is 5.16 Å². The van der Waals surface area contributed by atoms with Gasteiger partial charge in [-0.25, -0.2) is 4.79 Å². The van der Waals surface area contributed by atoms with Crippen molar-refractivity contribution in [1.29, 1.82) is 0 Å². The molecule has 0 unspecified atom stereocenters. The highest BCUT2D eigenvalue weighted by Crippen LogP contribution is 2.30. The molecule has 0 saturated carbocycles. The average Bonchev–Trinajstić information content (AvgIpc) is 2.77. The van der Waals surface area contributed by atoms with Crippen LogP contribution in [0.3, 0.4) is 0 Å². The third-order valence-electron chi connectivity index (χ3n) is 2.38. The number of hydrogen-bond donors (Lipinski definition) is 1. The zero-order valence-corrected chi connectivity index (χ0v) is 9.52. The second-order valence-electron chi connectivity index (χ2n) is 3.76. The van der Waals surface area contributed by atoms with E-state index in [0.717, 1.165) is 0 Å². The Morgan fingerprint density at radius 1 is 1.37 bits per heavy atom. The second kappa shape index (κ2) is 4.38. The first-order chi connectivity index (χ1) is 8.79. The van der Waals surface area contributed by atoms with Crippen LogP contribution >= 0.6 is 0 Å². The smallest absolute Gasteiger partial charge is 0.471 e. The van der Waals surface area contributed by atoms with Crippen molar-refractivity contribution in [2.75, 3.05) is 0 Å². The van der Waals surface area contributed by atoms with Gasteiger partial charge in [0, 0.05) is 5.56 Å². The first-order valence-corrected chi connectivity index (χ1v) is 5.04. The van der Waals surface area contributed by atoms with Gasteiger partial charge in [0.25, 0.3) is 0 Å². The number of aromatic nitrogens is 2. The number of aryl methyl sites for hydroxylation is 1. The van der Waals surface area contributed by atoms with E-state index in [2.05, 4.69) is 14.7 Å². The molecule has 1 heterocycles. The highest BCUT2D eigenvalue weighted by atomic mass is 19.4. The number of carbonyl (C=O) groups is 1. The summed E-state index contributed by atoms with van der Waals surface area (Å²) in [5.74, 6) is -2.80. The summed E-state index contributed by atoms with van der Waals surface area (Å²) in [6.07, 6.45) is -4.71. The number of halogens is 3. The number of alkyl halides is 3. The van der Waals surface area contributed by atoms with Gasteiger partial charge in [-0.3, -0.25) is 0 Å². The quantitative estimate of drug-likeness (QED) is 0.909. The number of rotatable bonds is 2. The number of carboxylic acids is 1. The van der Waals surface area contributed by atoms with Crippen LogP contribution in [0.4, 0.5) is 13.2 Å². The Balaban J connectivity index is 2.43. The van der Waals surface area contributed by atoms with E-state index >= 15 is 0 Å². The van der Waals surface area contributed by atoms with Gasteiger partial charge >= 0.3 is 18.0 Å². The lowest BCUT2D eigenvalue weighted by Gasteiger charge is -2.02. The predicted molar refractivity (Wildman–Crippen MR) is 56.4 cm³/mol. The second-order valence-corrected chi connectivity index (χ2v) is 3.76. The first-order valence-electron chi connectivity index (χ1n) is 5.04. The topological polar surface area (TPSA) is 76.2 Å². The van der Waals surface area contributed by atoms with E-state index in [-0.39, 0.29) is 17.0 Å². The van der Waals surface area contributed by atoms with Crippen LogP contribution in [0.15, 0.2) is 22.7 Å². The fourth-order valence-corrected chi connectivity index (χ4v) is 1.50. The Bertz CT molecular complexity index is 634. The maximum absolute atomic E-state index is 12.3. The molecule has 0 bridgehead atoms. The molecule has 1 N–H and O–H groups in total. The molecule has 0 amide bonds. The van der Waals surface area contributed by atoms with Crippen molar-refractivity contribution < 1.29 is 27.6 Å². The monoisotopic (exact) mass is 272 g/mol. The lowest BCUT2D eigenvalue weighted by molar-refractivity contribution is -0.159. The Labute approximate surface area is 104 Å². The molecule has 0 radical (unpaired) electrons. The van der Waals surface area contributed by atoms with Crippen molar-refractivity contribution in [3.63, 3.8) is 0 Å². The van der Waals surface area contributed by atoms with Gasteiger partial charge in [0.15, 0.2) is 0 Å². The number of benzene rings is 1. The Morgan fingerprint density at radius 2 is 2.05 bits per heavy atom. The molecule has 0 aliphatic heterocycles. The number of aromatic carboxylic acids is 1. The molecule has 2 rings (SSSR count). The molecule has 1 aromatic heterocycles. The standard InChI is InChI=1S/C11H7F3N2O3/c1-5-4-6(9(17)18)2-3-7(5)8-15-10(19-16-8)11(12,13)14/h2-4H,1H3,(H,17,18). The summed E-state index contributed by atoms with van der Waals surface area (Å²) in [5.41, 5.74) is 0.750. The normalized spacial score (nSPS) is 11.6. The van der Waals surface area contributed by atoms with Crippen LogP contribution in [-0.4, -0.2) is 21.2 Å². The number of carboxylic acid groups (broad SMARTS) is 1. The molecular weight excluding hydrogens is 265 g/mol. The molecule has 100 valence electrons. The van der Waals surface area contributed by atoms with Gasteiger partial charge in [-0.2, -0.15) is 18.2 Å². The van der Waals surface area contributed by atoms with Crippen molar-refractivity contribution in [3.8, 4) is 11.4 Å². The van der Waals surface area contributed by atoms with Crippen LogP contribution in [0.5, 0.6) is 0 Å². The van der Waals surface area contributed by atoms with Gasteiger partial charge in [-0.15, -0.1) is 0 Å². The van der Waals surface area contributed by atoms with Crippen molar-refractivity contribution in [2.45, 2.75) is 13.1 Å². The molecule has 0 atom stereocenters. The first kappa shape index (κ1) is 13.1. The minimum atomic E-state index is -4.71. The minimum absolute atomic E-state index is 0.0285. The lowest BCUT2D eigenvalue weighted by Crippen LogP contribution is -2.05. The maximum atomic E-state index is 12.3. The van der Waals surface area contributed by atoms with Crippen LogP contribution in [0.25, 0.3) is 11.4 Å². The summed E-state index contributed by atoms with van der Waals surface area (Å²) in [7, 11) is 0. The summed E-state index contributed by atoms with van der Waals surface area (Å²) in [4.78, 5) is 14.0. The third kappa shape index (κ3) is 2.56. The van der Waals surface area contributed by atoms with E-state index in [0.29, 0.717) is 5.56 Å². The van der Waals surface area contributed by atoms with E-state index in [1.54, 1.807) is 6.92 Å². The maximum Gasteiger partial charge on any atom is 0.471 e. The Kier molecular flexibility index (Phi) is 3.01. The summed E-state index contributed by atoms with van der Waals surface area (Å²) in [6, 6.07) is 3.92. The largest absolute Gasteiger partial charge is 0.478 e. The number of nitrogens with zero attached hydrogens (tertiary/aromatic N) is 2. The molecule has 0 aliphatic rings. The molecule has 0 saturated heterocycles. The highest BCUT2D eigenvalue weighted by Gasteiger charge is 2.38. The van der Waals surface area contributed by atoms with Crippen LogP contribution in [0.1, 0.15) is 21.8 Å². The summed E-state index contributed by atoms with van der Waals surface area (Å²) >= 11 is 0. The van der Waals surface area contributed by atoms with E-state index in [4.69, 9.17) is 5.11 Å². The van der Waals surface area contributed by atoms with Gasteiger partial charge in [-0.05, 0) is 30.7 Å². The van der Waals surface area contributed by atoms with E-state index in [1.807, 2.05) is 0 Å². The third-order valence-corrected chi connectivity index (χ3v) is 2.38. The van der Waals surface area contributed by atoms with Crippen molar-refractivity contribution in [2.24, 2.45) is 0 Å². The molecule has 0 spiro atoms. The van der Waals surface area contributed by atoms with Gasteiger partial charge in [0.1, 0.15) is 0 Å². The molecular formula is C11H7F3N2O3. The minimum Gasteiger partial charge on any atom is -0.478 e. The van der Waals surface area contributed by atoms with E-state index in [9.17, 15) is 18.0 Å². The average molecular weight is 272 g/mol. The fraction of sp³-hybridized carbons (Fsp3) is 0.182. The number of hydrogen-bond acceptors (Lipinski definition) is 4. The summed E-state index contributed by atoms with van der Waals surface area (Å²) in [6.45, 7) is 1.55. The molecule has 8 heteroatoms. The van der Waals surface area contributed by atoms with Crippen molar-refractivity contribution in [3.05, 3.63) is 35.2 Å². The van der Waals surface area contributed by atoms with Crippen LogP contribution < -0.4 is 0 Å². The van der Waals surface area contributed by atoms with Crippen molar-refractivity contribution in [1.82, 2.24) is 10.1 Å². The molecule has 1 aromatic carbocycles. The predicted octanol–water partition coefficient (Wildman–Crippen LogP) is 2.76. The molecule has 0 aliphatic carbocycles. The van der Waals surface area contributed by atoms with Gasteiger partial charge in [0.2, 0.25) is 5.82 Å². The molecule has 2 aromatic rings. The van der Waals surface area contributed by atoms with Crippen LogP contribution in [-0.2, 0) is 6.18 Å². The van der Waals surface area contributed by atoms with E-state index in [1.165, 1.54) is 18.2 Å². The molecule has 0 fully saturated rings. The van der Waals surface area contributed by atoms with Gasteiger partial charge < -0.3 is 9.63 Å². The molecule has 5 nitrogen and oxygen atoms in total. The Hall–Kier alpha value is -2.38.